The molecule has 7 nitrogen and oxygen atoms in total. The molecule has 1 aromatic rings. The van der Waals surface area contributed by atoms with Crippen LogP contribution in [0.3, 0.4) is 0 Å². The maximum atomic E-state index is 10.8. The Hall–Kier alpha value is -1.63. The van der Waals surface area contributed by atoms with E-state index in [1.807, 2.05) is 6.92 Å². The fourth-order valence-corrected chi connectivity index (χ4v) is 1.29. The van der Waals surface area contributed by atoms with E-state index in [9.17, 15) is 10.1 Å². The van der Waals surface area contributed by atoms with E-state index in [2.05, 4.69) is 10.3 Å². The van der Waals surface area contributed by atoms with Gasteiger partial charge in [0.2, 0.25) is 11.6 Å². The number of nitro groups is 1. The molecule has 7 heteroatoms. The highest BCUT2D eigenvalue weighted by Gasteiger charge is 2.23. The van der Waals surface area contributed by atoms with Gasteiger partial charge in [0.05, 0.1) is 0 Å². The summed E-state index contributed by atoms with van der Waals surface area (Å²) in [4.78, 5) is 14.1. The van der Waals surface area contributed by atoms with Gasteiger partial charge in [-0.3, -0.25) is 4.57 Å². The van der Waals surface area contributed by atoms with Gasteiger partial charge in [-0.2, -0.15) is 0 Å². The monoisotopic (exact) mass is 227 g/mol. The largest absolute Gasteiger partial charge is 0.406 e. The fraction of sp³-hybridized carbons (Fsp3) is 0.667. The van der Waals surface area contributed by atoms with Gasteiger partial charge in [-0.05, 0) is 16.3 Å². The molecule has 0 radical (unpaired) electrons. The Morgan fingerprint density at radius 1 is 1.69 bits per heavy atom. The highest BCUT2D eigenvalue weighted by Crippen LogP contribution is 2.23. The molecule has 0 saturated carbocycles. The van der Waals surface area contributed by atoms with Crippen LogP contribution in [-0.4, -0.2) is 27.1 Å². The molecule has 0 aliphatic rings. The lowest BCUT2D eigenvalue weighted by atomic mass is 10.2. The number of imidazole rings is 1. The maximum absolute atomic E-state index is 10.8. The van der Waals surface area contributed by atoms with Crippen LogP contribution in [0.4, 0.5) is 11.6 Å². The molecular formula is C9H17N5O2. The van der Waals surface area contributed by atoms with E-state index in [1.165, 1.54) is 0 Å². The van der Waals surface area contributed by atoms with Crippen molar-refractivity contribution in [3.63, 3.8) is 0 Å². The van der Waals surface area contributed by atoms with Gasteiger partial charge in [-0.25, -0.2) is 0 Å². The number of anilines is 1. The molecule has 1 unspecified atom stereocenters. The van der Waals surface area contributed by atoms with E-state index in [0.29, 0.717) is 18.2 Å². The second-order valence-electron chi connectivity index (χ2n) is 3.70. The summed E-state index contributed by atoms with van der Waals surface area (Å²) < 4.78 is 1.65. The van der Waals surface area contributed by atoms with Crippen molar-refractivity contribution in [2.75, 3.05) is 11.9 Å². The topological polar surface area (TPSA) is 99.0 Å². The lowest BCUT2D eigenvalue weighted by Gasteiger charge is -2.11. The summed E-state index contributed by atoms with van der Waals surface area (Å²) in [7, 11) is 1.73. The van der Waals surface area contributed by atoms with Crippen LogP contribution in [0.5, 0.6) is 0 Å². The van der Waals surface area contributed by atoms with Crippen LogP contribution < -0.4 is 11.1 Å². The van der Waals surface area contributed by atoms with E-state index in [4.69, 9.17) is 5.73 Å². The first-order valence-electron chi connectivity index (χ1n) is 5.14. The lowest BCUT2D eigenvalue weighted by molar-refractivity contribution is -0.388. The third-order valence-corrected chi connectivity index (χ3v) is 2.53. The summed E-state index contributed by atoms with van der Waals surface area (Å²) in [6.07, 6.45) is 0.817. The van der Waals surface area contributed by atoms with Crippen molar-refractivity contribution in [1.29, 1.82) is 0 Å². The van der Waals surface area contributed by atoms with Crippen molar-refractivity contribution in [3.05, 3.63) is 15.9 Å². The van der Waals surface area contributed by atoms with Gasteiger partial charge < -0.3 is 21.2 Å². The molecule has 1 rings (SSSR count). The molecular weight excluding hydrogens is 210 g/mol. The van der Waals surface area contributed by atoms with Crippen LogP contribution in [0.2, 0.25) is 0 Å². The normalized spacial score (nSPS) is 12.5. The van der Waals surface area contributed by atoms with Crippen LogP contribution in [0.25, 0.3) is 0 Å². The molecule has 0 spiro atoms. The van der Waals surface area contributed by atoms with E-state index in [0.717, 1.165) is 6.42 Å². The molecule has 1 atom stereocenters. The zero-order valence-corrected chi connectivity index (χ0v) is 9.73. The zero-order valence-electron chi connectivity index (χ0n) is 9.73. The number of aryl methyl sites for hydroxylation is 1. The first-order chi connectivity index (χ1) is 7.47. The molecule has 1 heterocycles. The van der Waals surface area contributed by atoms with Crippen LogP contribution in [0.1, 0.15) is 19.2 Å². The minimum absolute atomic E-state index is 0.0187. The molecule has 90 valence electrons. The maximum Gasteiger partial charge on any atom is 0.406 e. The van der Waals surface area contributed by atoms with E-state index in [1.54, 1.807) is 18.5 Å². The Morgan fingerprint density at radius 2 is 2.31 bits per heavy atom. The number of rotatable bonds is 5. The Balaban J connectivity index is 2.89. The van der Waals surface area contributed by atoms with E-state index in [-0.39, 0.29) is 11.9 Å². The van der Waals surface area contributed by atoms with Crippen molar-refractivity contribution >= 4 is 11.6 Å². The summed E-state index contributed by atoms with van der Waals surface area (Å²) in [6.45, 7) is 4.18. The van der Waals surface area contributed by atoms with Crippen LogP contribution >= 0.6 is 0 Å². The minimum Gasteiger partial charge on any atom is -0.363 e. The van der Waals surface area contributed by atoms with Crippen molar-refractivity contribution in [2.45, 2.75) is 26.3 Å². The smallest absolute Gasteiger partial charge is 0.363 e. The van der Waals surface area contributed by atoms with Gasteiger partial charge in [0.1, 0.15) is 0 Å². The average molecular weight is 227 g/mol. The molecule has 0 aliphatic heterocycles. The van der Waals surface area contributed by atoms with Gasteiger partial charge in [0.25, 0.3) is 0 Å². The fourth-order valence-electron chi connectivity index (χ4n) is 1.29. The predicted molar refractivity (Wildman–Crippen MR) is 61.4 cm³/mol. The number of hydrogen-bond donors (Lipinski definition) is 2. The second-order valence-corrected chi connectivity index (χ2v) is 3.70. The van der Waals surface area contributed by atoms with Crippen molar-refractivity contribution in [3.8, 4) is 0 Å². The molecule has 16 heavy (non-hydrogen) atoms. The number of aromatic nitrogens is 2. The average Bonchev–Trinajstić information content (AvgIpc) is 2.53. The predicted octanol–water partition coefficient (Wildman–Crippen LogP) is 0.786. The lowest BCUT2D eigenvalue weighted by Crippen LogP contribution is -2.28. The summed E-state index contributed by atoms with van der Waals surface area (Å²) in [5.74, 6) is 0.856. The molecule has 0 aromatic carbocycles. The van der Waals surface area contributed by atoms with Gasteiger partial charge in [-0.15, -0.1) is 0 Å². The third-order valence-electron chi connectivity index (χ3n) is 2.53. The van der Waals surface area contributed by atoms with Gasteiger partial charge >= 0.3 is 5.82 Å². The summed E-state index contributed by atoms with van der Waals surface area (Å²) in [6, 6.07) is -0.0187. The Morgan fingerprint density at radius 3 is 2.81 bits per heavy atom. The number of nitrogens with one attached hydrogen (secondary N) is 1. The number of hydrogen-bond acceptors (Lipinski definition) is 5. The molecule has 0 aliphatic carbocycles. The van der Waals surface area contributed by atoms with Gasteiger partial charge in [0.15, 0.2) is 0 Å². The summed E-state index contributed by atoms with van der Waals surface area (Å²) in [5.41, 5.74) is 5.74. The highest BCUT2D eigenvalue weighted by atomic mass is 16.6. The van der Waals surface area contributed by atoms with Crippen molar-refractivity contribution in [2.24, 2.45) is 12.8 Å². The van der Waals surface area contributed by atoms with Crippen molar-refractivity contribution < 1.29 is 4.92 Å². The Bertz CT molecular complexity index is 387. The molecule has 0 fully saturated rings. The van der Waals surface area contributed by atoms with Crippen LogP contribution in [-0.2, 0) is 7.05 Å². The SMILES string of the molecule is CCC(N)CNc1c([N+](=O)[O-])nc(C)n1C. The molecule has 1 aromatic heterocycles. The minimum atomic E-state index is -0.493. The van der Waals surface area contributed by atoms with Gasteiger partial charge in [0, 0.05) is 26.6 Å². The van der Waals surface area contributed by atoms with Crippen LogP contribution in [0, 0.1) is 17.0 Å². The summed E-state index contributed by atoms with van der Waals surface area (Å²) >= 11 is 0. The Labute approximate surface area is 93.8 Å². The molecule has 0 saturated heterocycles. The molecule has 3 N–H and O–H groups in total. The second kappa shape index (κ2) is 4.93. The first-order valence-corrected chi connectivity index (χ1v) is 5.14. The van der Waals surface area contributed by atoms with Crippen molar-refractivity contribution in [1.82, 2.24) is 9.55 Å². The number of nitrogens with two attached hydrogens (primary N) is 1. The zero-order chi connectivity index (χ0) is 12.3. The first kappa shape index (κ1) is 12.4. The van der Waals surface area contributed by atoms with E-state index >= 15 is 0 Å². The standard InChI is InChI=1S/C9H17N5O2/c1-4-7(10)5-11-8-9(14(15)16)12-6(2)13(8)3/h7,11H,4-5,10H2,1-3H3. The third kappa shape index (κ3) is 2.48. The van der Waals surface area contributed by atoms with Crippen LogP contribution in [0.15, 0.2) is 0 Å². The molecule has 0 bridgehead atoms. The highest BCUT2D eigenvalue weighted by molar-refractivity contribution is 5.53. The Kier molecular flexibility index (Phi) is 3.83. The molecule has 0 amide bonds. The summed E-state index contributed by atoms with van der Waals surface area (Å²) in [5, 5.41) is 13.7. The van der Waals surface area contributed by atoms with E-state index < -0.39 is 4.92 Å². The number of nitrogens with zero attached hydrogens (tertiary/aromatic N) is 3. The van der Waals surface area contributed by atoms with Gasteiger partial charge in [-0.1, -0.05) is 6.92 Å². The quantitative estimate of drug-likeness (QED) is 0.572.